The molecular weight excluding hydrogens is 386 g/mol. The van der Waals surface area contributed by atoms with Crippen molar-refractivity contribution >= 4 is 27.0 Å². The van der Waals surface area contributed by atoms with E-state index in [0.29, 0.717) is 11.5 Å². The first kappa shape index (κ1) is 18.2. The van der Waals surface area contributed by atoms with Gasteiger partial charge in [0.1, 0.15) is 0 Å². The summed E-state index contributed by atoms with van der Waals surface area (Å²) in [6.45, 7) is 0.270. The van der Waals surface area contributed by atoms with E-state index in [4.69, 9.17) is 32.2 Å². The van der Waals surface area contributed by atoms with Crippen LogP contribution in [0, 0.1) is 5.41 Å². The Hall–Kier alpha value is -2.16. The van der Waals surface area contributed by atoms with Crippen LogP contribution in [0.1, 0.15) is 11.5 Å². The fourth-order valence-corrected chi connectivity index (χ4v) is 6.76. The van der Waals surface area contributed by atoms with Gasteiger partial charge in [0.25, 0.3) is 0 Å². The molecule has 2 aliphatic rings. The van der Waals surface area contributed by atoms with Crippen molar-refractivity contribution in [2.45, 2.75) is 16.1 Å². The zero-order valence-corrected chi connectivity index (χ0v) is 16.3. The van der Waals surface area contributed by atoms with Gasteiger partial charge >= 0.3 is 0 Å². The minimum absolute atomic E-state index is 0.123. The molecule has 0 unspecified atom stereocenters. The van der Waals surface area contributed by atoms with E-state index < -0.39 is 26.4 Å². The predicted octanol–water partition coefficient (Wildman–Crippen LogP) is 2.27. The van der Waals surface area contributed by atoms with Gasteiger partial charge in [0, 0.05) is 13.0 Å². The van der Waals surface area contributed by atoms with Crippen molar-refractivity contribution < 1.29 is 22.6 Å². The minimum Gasteiger partial charge on any atom is -0.454 e. The van der Waals surface area contributed by atoms with Crippen LogP contribution in [0.3, 0.4) is 0 Å². The highest BCUT2D eigenvalue weighted by molar-refractivity contribution is 7.92. The first-order valence-corrected chi connectivity index (χ1v) is 10.4. The van der Waals surface area contributed by atoms with Crippen LogP contribution in [0.25, 0.3) is 0 Å². The normalized spacial score (nSPS) is 26.0. The Morgan fingerprint density at radius 2 is 1.93 bits per heavy atom. The van der Waals surface area contributed by atoms with Crippen molar-refractivity contribution in [3.05, 3.63) is 54.1 Å². The smallest absolute Gasteiger partial charge is 0.231 e. The van der Waals surface area contributed by atoms with E-state index in [1.165, 1.54) is 7.11 Å². The van der Waals surface area contributed by atoms with Gasteiger partial charge in [-0.15, -0.1) is 0 Å². The standard InChI is InChI=1S/C19H19NO5S2/c1-23-10-19(18(20)26)16(12-7-8-14-15(9-12)25-11-24-14)17(19)27(21,22)13-5-3-2-4-6-13/h2-9,16-17H,10-11H2,1H3,(H2,20,26)/t16-,17+,19-/m1/s1. The number of ether oxygens (including phenoxy) is 3. The number of fused-ring (bicyclic) bond motifs is 1. The lowest BCUT2D eigenvalue weighted by molar-refractivity contribution is 0.166. The van der Waals surface area contributed by atoms with E-state index in [1.54, 1.807) is 42.5 Å². The summed E-state index contributed by atoms with van der Waals surface area (Å²) >= 11 is 5.31. The molecule has 142 valence electrons. The molecule has 0 spiro atoms. The highest BCUT2D eigenvalue weighted by Crippen LogP contribution is 2.65. The van der Waals surface area contributed by atoms with Crippen LogP contribution >= 0.6 is 12.2 Å². The molecule has 0 radical (unpaired) electrons. The molecule has 1 saturated carbocycles. The Morgan fingerprint density at radius 3 is 2.59 bits per heavy atom. The SMILES string of the molecule is COC[C@@]1(C(N)=S)[C@H](c2ccc3c(c2)OCO3)[C@@H]1S(=O)(=O)c1ccccc1. The molecule has 0 saturated heterocycles. The van der Waals surface area contributed by atoms with Gasteiger partial charge in [-0.25, -0.2) is 8.42 Å². The molecule has 0 amide bonds. The van der Waals surface area contributed by atoms with Crippen molar-refractivity contribution in [1.82, 2.24) is 0 Å². The van der Waals surface area contributed by atoms with Crippen LogP contribution in [0.2, 0.25) is 0 Å². The third kappa shape index (κ3) is 2.70. The molecule has 1 aliphatic heterocycles. The van der Waals surface area contributed by atoms with Gasteiger partial charge in [-0.3, -0.25) is 0 Å². The van der Waals surface area contributed by atoms with Crippen molar-refractivity contribution in [2.24, 2.45) is 11.1 Å². The van der Waals surface area contributed by atoms with Crippen molar-refractivity contribution in [3.8, 4) is 11.5 Å². The van der Waals surface area contributed by atoms with Gasteiger partial charge in [-0.05, 0) is 29.8 Å². The Bertz CT molecular complexity index is 992. The predicted molar refractivity (Wildman–Crippen MR) is 104 cm³/mol. The highest BCUT2D eigenvalue weighted by atomic mass is 32.2. The lowest BCUT2D eigenvalue weighted by atomic mass is 9.99. The number of nitrogens with two attached hydrogens (primary N) is 1. The molecule has 27 heavy (non-hydrogen) atoms. The Morgan fingerprint density at radius 1 is 1.22 bits per heavy atom. The third-order valence-corrected chi connectivity index (χ3v) is 7.93. The van der Waals surface area contributed by atoms with Crippen LogP contribution in [0.4, 0.5) is 0 Å². The van der Waals surface area contributed by atoms with Crippen LogP contribution in [0.15, 0.2) is 53.4 Å². The molecule has 0 bridgehead atoms. The van der Waals surface area contributed by atoms with Crippen molar-refractivity contribution in [3.63, 3.8) is 0 Å². The first-order chi connectivity index (χ1) is 12.9. The van der Waals surface area contributed by atoms with Gasteiger partial charge < -0.3 is 19.9 Å². The average molecular weight is 405 g/mol. The van der Waals surface area contributed by atoms with Gasteiger partial charge in [-0.1, -0.05) is 36.5 Å². The zero-order chi connectivity index (χ0) is 19.2. The summed E-state index contributed by atoms with van der Waals surface area (Å²) in [4.78, 5) is 0.381. The molecule has 2 N–H and O–H groups in total. The van der Waals surface area contributed by atoms with Crippen molar-refractivity contribution in [1.29, 1.82) is 0 Å². The third-order valence-electron chi connectivity index (χ3n) is 5.26. The second-order valence-corrected chi connectivity index (χ2v) is 9.22. The topological polar surface area (TPSA) is 87.8 Å². The summed E-state index contributed by atoms with van der Waals surface area (Å²) in [5, 5.41) is -0.801. The summed E-state index contributed by atoms with van der Waals surface area (Å²) in [5.41, 5.74) is 5.88. The van der Waals surface area contributed by atoms with E-state index in [0.717, 1.165) is 5.56 Å². The highest BCUT2D eigenvalue weighted by Gasteiger charge is 2.73. The molecule has 4 rings (SSSR count). The molecule has 1 fully saturated rings. The maximum Gasteiger partial charge on any atom is 0.231 e. The number of benzene rings is 2. The molecule has 1 heterocycles. The molecule has 0 aromatic heterocycles. The quantitative estimate of drug-likeness (QED) is 0.738. The number of rotatable bonds is 6. The summed E-state index contributed by atoms with van der Waals surface area (Å²) in [5.74, 6) is 0.800. The Balaban J connectivity index is 1.82. The average Bonchev–Trinajstić information content (AvgIpc) is 3.13. The minimum atomic E-state index is -3.67. The zero-order valence-electron chi connectivity index (χ0n) is 14.6. The van der Waals surface area contributed by atoms with Gasteiger partial charge in [-0.2, -0.15) is 0 Å². The van der Waals surface area contributed by atoms with Gasteiger partial charge in [0.2, 0.25) is 6.79 Å². The van der Waals surface area contributed by atoms with E-state index in [9.17, 15) is 8.42 Å². The van der Waals surface area contributed by atoms with Crippen LogP contribution in [-0.4, -0.2) is 39.2 Å². The number of thiocarbonyl (C=S) groups is 1. The van der Waals surface area contributed by atoms with Crippen LogP contribution in [-0.2, 0) is 14.6 Å². The molecule has 1 aliphatic carbocycles. The molecular formula is C19H19NO5S2. The lowest BCUT2D eigenvalue weighted by Gasteiger charge is -2.16. The molecule has 8 heteroatoms. The molecule has 2 aromatic rings. The molecule has 2 aromatic carbocycles. The summed E-state index contributed by atoms with van der Waals surface area (Å²) in [7, 11) is -2.16. The van der Waals surface area contributed by atoms with E-state index in [2.05, 4.69) is 0 Å². The summed E-state index contributed by atoms with van der Waals surface area (Å²) < 4.78 is 42.9. The molecule has 6 nitrogen and oxygen atoms in total. The number of hydrogen-bond donors (Lipinski definition) is 1. The Labute approximate surface area is 163 Å². The van der Waals surface area contributed by atoms with Gasteiger partial charge in [0.15, 0.2) is 21.3 Å². The van der Waals surface area contributed by atoms with Gasteiger partial charge in [0.05, 0.1) is 27.2 Å². The van der Waals surface area contributed by atoms with Crippen LogP contribution < -0.4 is 15.2 Å². The van der Waals surface area contributed by atoms with E-state index >= 15 is 0 Å². The maximum absolute atomic E-state index is 13.4. The number of hydrogen-bond acceptors (Lipinski definition) is 6. The van der Waals surface area contributed by atoms with E-state index in [-0.39, 0.29) is 23.3 Å². The monoisotopic (exact) mass is 405 g/mol. The number of methoxy groups -OCH3 is 1. The second kappa shape index (κ2) is 6.47. The summed E-state index contributed by atoms with van der Waals surface area (Å²) in [6.07, 6.45) is 0. The Kier molecular flexibility index (Phi) is 4.37. The maximum atomic E-state index is 13.4. The fraction of sp³-hybridized carbons (Fsp3) is 0.316. The summed E-state index contributed by atoms with van der Waals surface area (Å²) in [6, 6.07) is 13.8. The molecule has 3 atom stereocenters. The van der Waals surface area contributed by atoms with Crippen molar-refractivity contribution in [2.75, 3.05) is 20.5 Å². The largest absolute Gasteiger partial charge is 0.454 e. The lowest BCUT2D eigenvalue weighted by Crippen LogP contribution is -2.33. The first-order valence-electron chi connectivity index (χ1n) is 8.40. The number of sulfone groups is 1. The second-order valence-electron chi connectivity index (χ2n) is 6.71. The van der Waals surface area contributed by atoms with E-state index in [1.807, 2.05) is 6.07 Å². The fourth-order valence-electron chi connectivity index (χ4n) is 3.97. The van der Waals surface area contributed by atoms with Crippen LogP contribution in [0.5, 0.6) is 11.5 Å².